The molecule has 3 aliphatic heterocycles. The van der Waals surface area contributed by atoms with Crippen LogP contribution in [0.1, 0.15) is 88.0 Å². The molecule has 0 spiro atoms. The van der Waals surface area contributed by atoms with E-state index < -0.39 is 69.4 Å². The second kappa shape index (κ2) is 31.9. The van der Waals surface area contributed by atoms with Gasteiger partial charge in [0, 0.05) is 74.7 Å². The van der Waals surface area contributed by atoms with E-state index >= 15 is 0 Å². The van der Waals surface area contributed by atoms with Crippen molar-refractivity contribution in [2.45, 2.75) is 105 Å². The molecule has 2 atom stereocenters. The van der Waals surface area contributed by atoms with Crippen molar-refractivity contribution in [2.75, 3.05) is 79.9 Å². The summed E-state index contributed by atoms with van der Waals surface area (Å²) >= 11 is 2.24. The van der Waals surface area contributed by atoms with Crippen molar-refractivity contribution in [3.8, 4) is 33.6 Å². The van der Waals surface area contributed by atoms with E-state index in [0.29, 0.717) is 87.9 Å². The maximum absolute atomic E-state index is 14.8. The van der Waals surface area contributed by atoms with Gasteiger partial charge in [0.2, 0.25) is 0 Å². The normalized spacial score (nSPS) is 14.9. The number of aryl methyl sites for hydroxylation is 2. The van der Waals surface area contributed by atoms with Crippen LogP contribution in [0.5, 0.6) is 11.5 Å². The summed E-state index contributed by atoms with van der Waals surface area (Å²) in [5, 5.41) is 46.4. The van der Waals surface area contributed by atoms with Crippen LogP contribution in [0.2, 0.25) is 0 Å². The number of rotatable bonds is 24. The number of fused-ring (bicyclic) bond motifs is 2. The molecule has 0 amide bonds. The Morgan fingerprint density at radius 3 is 1.44 bits per heavy atom. The summed E-state index contributed by atoms with van der Waals surface area (Å²) in [4.78, 5) is 90.1. The Kier molecular flexibility index (Phi) is 23.8. The molecule has 9 heterocycles. The van der Waals surface area contributed by atoms with Gasteiger partial charge in [-0.25, -0.2) is 37.1 Å². The van der Waals surface area contributed by atoms with Crippen LogP contribution in [0.3, 0.4) is 0 Å². The largest absolute Gasteiger partial charge is 0.496 e. The first-order valence-corrected chi connectivity index (χ1v) is 33.1. The van der Waals surface area contributed by atoms with Crippen molar-refractivity contribution in [3.05, 3.63) is 173 Å². The number of halogens is 2. The number of nitriles is 2. The first kappa shape index (κ1) is 73.6. The highest BCUT2D eigenvalue weighted by atomic mass is 32.1. The van der Waals surface area contributed by atoms with Gasteiger partial charge < -0.3 is 33.5 Å². The molecule has 3 saturated heterocycles. The van der Waals surface area contributed by atoms with Gasteiger partial charge in [0.15, 0.2) is 0 Å². The lowest BCUT2D eigenvalue weighted by molar-refractivity contribution is -0.154. The number of aromatic nitrogens is 10. The number of likely N-dealkylation sites (tertiary alicyclic amines) is 2. The molecular formula is C68H78F2N14O13S2. The third-order valence-electron chi connectivity index (χ3n) is 17.3. The molecule has 0 radical (unpaired) electrons. The van der Waals surface area contributed by atoms with Crippen LogP contribution in [-0.2, 0) is 59.3 Å². The van der Waals surface area contributed by atoms with Crippen LogP contribution in [0, 0.1) is 60.0 Å². The lowest BCUT2D eigenvalue weighted by Crippen LogP contribution is -2.53. The van der Waals surface area contributed by atoms with Gasteiger partial charge in [-0.15, -0.1) is 9.59 Å². The van der Waals surface area contributed by atoms with Gasteiger partial charge in [0.25, 0.3) is 11.1 Å². The summed E-state index contributed by atoms with van der Waals surface area (Å²) in [5.41, 5.74) is -4.32. The summed E-state index contributed by atoms with van der Waals surface area (Å²) in [7, 11) is 2.89. The van der Waals surface area contributed by atoms with Crippen LogP contribution >= 0.6 is 22.7 Å². The van der Waals surface area contributed by atoms with E-state index in [0.717, 1.165) is 50.6 Å². The molecule has 0 unspecified atom stereocenters. The molecule has 0 aliphatic carbocycles. The minimum absolute atomic E-state index is 0. The SMILES string of the molecule is C.C1CCOC1.COc1ccc(F)cc1[C@H](Cn1c(=O)n(C(C)(C)C(=O)O)c(=O)c2c(C)c(-n3nccn3)sc21)OCCN1CC(C#N)C1.COc1ccc(F)cc1[C@H](Cn1c(=O)n(C(C)(C)C(=O)OCc2ccccc2)c(=O)c2c(C)c(-n3nccn3)sc21)OCCN1CC(C#N)C1. The first-order chi connectivity index (χ1) is 47.0. The Morgan fingerprint density at radius 1 is 0.657 bits per heavy atom. The standard InChI is InChI=1S/C35H36FN7O6S.C28H30FN7O6S.C4H8O.CH4/c1-22-29-30(44)42(35(2,3)33(45)49-21-23-8-6-5-7-9-23)34(46)41(32(29)50-31(22)43-38-12-13-39-43)20-28(26-16-25(36)10-11-27(26)47-4)48-15-14-40-18-24(17-37)19-40;1-16-22-23(37)35(28(2,3)26(38)39)27(40)34(25(22)43-24(16)36-31-7-8-32-36)15-21(19-11-18(29)5-6-20(19)41-4)42-10-9-33-13-17(12-30)14-33;1-2-4-5-3-1;/h5-13,16,24,28H,14-15,18-21H2,1-4H3;5-8,11,17,21H,9-10,13-15H2,1-4H3,(H,38,39);1-4H2;1H4/t28-;21-;;/m00../s1. The maximum Gasteiger partial charge on any atom is 0.333 e. The number of nitrogens with zero attached hydrogens (tertiary/aromatic N) is 14. The molecule has 3 fully saturated rings. The number of benzene rings is 3. The van der Waals surface area contributed by atoms with E-state index in [1.807, 2.05) is 23.1 Å². The van der Waals surface area contributed by atoms with Gasteiger partial charge in [0.05, 0.1) is 100 Å². The van der Waals surface area contributed by atoms with Gasteiger partial charge in [-0.05, 0) is 96.3 Å². The Bertz CT molecular complexity index is 4660. The Labute approximate surface area is 575 Å². The van der Waals surface area contributed by atoms with E-state index in [-0.39, 0.29) is 67.8 Å². The highest BCUT2D eigenvalue weighted by molar-refractivity contribution is 7.21. The van der Waals surface area contributed by atoms with Crippen LogP contribution in [0.15, 0.2) is 111 Å². The zero-order chi connectivity index (χ0) is 70.2. The number of hydrogen-bond acceptors (Lipinski definition) is 22. The number of carboxylic acid groups (broad SMARTS) is 1. The van der Waals surface area contributed by atoms with Crippen molar-refractivity contribution < 1.29 is 51.9 Å². The van der Waals surface area contributed by atoms with Gasteiger partial charge >= 0.3 is 23.3 Å². The predicted octanol–water partition coefficient (Wildman–Crippen LogP) is 7.68. The van der Waals surface area contributed by atoms with Crippen molar-refractivity contribution in [1.29, 1.82) is 10.5 Å². The number of carboxylic acids is 1. The topological polar surface area (TPSA) is 313 Å². The smallest absolute Gasteiger partial charge is 0.333 e. The Morgan fingerprint density at radius 2 is 1.07 bits per heavy atom. The number of methoxy groups -OCH3 is 2. The minimum Gasteiger partial charge on any atom is -0.496 e. The predicted molar refractivity (Wildman–Crippen MR) is 364 cm³/mol. The number of hydrogen-bond donors (Lipinski definition) is 1. The molecule has 6 aromatic heterocycles. The van der Waals surface area contributed by atoms with Crippen LogP contribution < -0.4 is 32.0 Å². The van der Waals surface area contributed by atoms with Crippen molar-refractivity contribution in [3.63, 3.8) is 0 Å². The second-order valence-corrected chi connectivity index (χ2v) is 26.6. The van der Waals surface area contributed by atoms with E-state index in [1.54, 1.807) is 26.0 Å². The van der Waals surface area contributed by atoms with Crippen molar-refractivity contribution >= 4 is 55.0 Å². The average Bonchev–Trinajstić information content (AvgIpc) is 1.66. The third kappa shape index (κ3) is 15.8. The fraction of sp³-hybridized carbons (Fsp3) is 0.441. The summed E-state index contributed by atoms with van der Waals surface area (Å²) < 4.78 is 67.9. The summed E-state index contributed by atoms with van der Waals surface area (Å²) in [6.45, 7) is 14.3. The van der Waals surface area contributed by atoms with E-state index in [4.69, 9.17) is 33.7 Å². The number of carbonyl (C=O) groups excluding carboxylic acids is 1. The molecule has 524 valence electrons. The second-order valence-electron chi connectivity index (χ2n) is 24.6. The summed E-state index contributed by atoms with van der Waals surface area (Å²) in [5.74, 6) is -2.63. The Hall–Kier alpha value is -9.60. The molecule has 31 heteroatoms. The first-order valence-electron chi connectivity index (χ1n) is 31.5. The van der Waals surface area contributed by atoms with Gasteiger partial charge in [-0.1, -0.05) is 60.4 Å². The Balaban J connectivity index is 0.000000216. The lowest BCUT2D eigenvalue weighted by Gasteiger charge is -2.35. The molecule has 0 bridgehead atoms. The number of ether oxygens (including phenoxy) is 6. The van der Waals surface area contributed by atoms with E-state index in [2.05, 4.69) is 37.4 Å². The van der Waals surface area contributed by atoms with Crippen LogP contribution in [0.25, 0.3) is 30.4 Å². The molecule has 0 saturated carbocycles. The summed E-state index contributed by atoms with van der Waals surface area (Å²) in [6, 6.07) is 21.5. The summed E-state index contributed by atoms with van der Waals surface area (Å²) in [6.07, 6.45) is 6.63. The number of thiophene rings is 2. The molecule has 3 aliphatic rings. The van der Waals surface area contributed by atoms with Crippen LogP contribution in [0.4, 0.5) is 8.78 Å². The molecule has 1 N–H and O–H groups in total. The molecule has 3 aromatic carbocycles. The minimum atomic E-state index is -1.90. The van der Waals surface area contributed by atoms with Gasteiger partial charge in [0.1, 0.15) is 72.7 Å². The number of carbonyl (C=O) groups is 2. The quantitative estimate of drug-likeness (QED) is 0.0567. The van der Waals surface area contributed by atoms with E-state index in [1.165, 1.54) is 135 Å². The van der Waals surface area contributed by atoms with Crippen molar-refractivity contribution in [1.82, 2.24) is 58.1 Å². The van der Waals surface area contributed by atoms with Gasteiger partial charge in [-0.3, -0.25) is 28.5 Å². The van der Waals surface area contributed by atoms with Gasteiger partial charge in [-0.2, -0.15) is 30.9 Å². The fourth-order valence-corrected chi connectivity index (χ4v) is 14.1. The van der Waals surface area contributed by atoms with Crippen LogP contribution in [-0.4, -0.2) is 155 Å². The highest BCUT2D eigenvalue weighted by Crippen LogP contribution is 2.37. The highest BCUT2D eigenvalue weighted by Gasteiger charge is 2.40. The number of aliphatic carboxylic acids is 1. The molecular weight excluding hydrogens is 1320 g/mol. The molecule has 27 nitrogen and oxygen atoms in total. The fourth-order valence-electron chi connectivity index (χ4n) is 11.6. The zero-order valence-corrected chi connectivity index (χ0v) is 56.9. The van der Waals surface area contributed by atoms with Crippen molar-refractivity contribution in [2.24, 2.45) is 11.8 Å². The molecule has 9 aromatic rings. The lowest BCUT2D eigenvalue weighted by atomic mass is 10.0. The van der Waals surface area contributed by atoms with E-state index in [9.17, 15) is 47.9 Å². The maximum atomic E-state index is 14.8. The molecule has 99 heavy (non-hydrogen) atoms. The molecule has 12 rings (SSSR count). The third-order valence-corrected chi connectivity index (χ3v) is 19.8. The zero-order valence-electron chi connectivity index (χ0n) is 55.3. The number of esters is 1. The monoisotopic (exact) mass is 1400 g/mol. The average molecular weight is 1400 g/mol.